The monoisotopic (exact) mass is 261 g/mol. The first-order chi connectivity index (χ1) is 9.22. The Balaban J connectivity index is 2.07. The number of nitrogens with one attached hydrogen (secondary N) is 1. The SMILES string of the molecule is CCNc1ccnc(C(=O)N(C)C2CCCCC2)c1. The van der Waals surface area contributed by atoms with E-state index in [-0.39, 0.29) is 5.91 Å². The molecule has 1 aromatic heterocycles. The Morgan fingerprint density at radius 2 is 2.16 bits per heavy atom. The Morgan fingerprint density at radius 3 is 2.84 bits per heavy atom. The third kappa shape index (κ3) is 3.46. The molecule has 0 atom stereocenters. The van der Waals surface area contributed by atoms with Crippen molar-refractivity contribution >= 4 is 11.6 Å². The molecule has 1 fully saturated rings. The molecule has 19 heavy (non-hydrogen) atoms. The third-order valence-electron chi connectivity index (χ3n) is 3.80. The summed E-state index contributed by atoms with van der Waals surface area (Å²) >= 11 is 0. The molecule has 4 heteroatoms. The summed E-state index contributed by atoms with van der Waals surface area (Å²) < 4.78 is 0. The second-order valence-corrected chi connectivity index (χ2v) is 5.17. The highest BCUT2D eigenvalue weighted by molar-refractivity contribution is 5.93. The fourth-order valence-corrected chi connectivity index (χ4v) is 2.68. The zero-order chi connectivity index (χ0) is 13.7. The van der Waals surface area contributed by atoms with E-state index in [1.165, 1.54) is 19.3 Å². The Morgan fingerprint density at radius 1 is 1.42 bits per heavy atom. The number of pyridine rings is 1. The highest BCUT2D eigenvalue weighted by Crippen LogP contribution is 2.22. The average Bonchev–Trinajstić information content (AvgIpc) is 2.47. The summed E-state index contributed by atoms with van der Waals surface area (Å²) in [6.45, 7) is 2.88. The normalized spacial score (nSPS) is 16.1. The van der Waals surface area contributed by atoms with Crippen LogP contribution in [0.25, 0.3) is 0 Å². The Labute approximate surface area is 115 Å². The largest absolute Gasteiger partial charge is 0.385 e. The summed E-state index contributed by atoms with van der Waals surface area (Å²) in [5.74, 6) is 0.0339. The molecule has 0 aliphatic heterocycles. The number of hydrogen-bond acceptors (Lipinski definition) is 3. The van der Waals surface area contributed by atoms with Crippen molar-refractivity contribution in [2.75, 3.05) is 18.9 Å². The van der Waals surface area contributed by atoms with Crippen molar-refractivity contribution in [3.63, 3.8) is 0 Å². The first kappa shape index (κ1) is 13.8. The number of carbonyl (C=O) groups is 1. The number of amides is 1. The summed E-state index contributed by atoms with van der Waals surface area (Å²) in [5, 5.41) is 3.21. The average molecular weight is 261 g/mol. The molecule has 0 aromatic carbocycles. The van der Waals surface area contributed by atoms with Crippen molar-refractivity contribution in [1.82, 2.24) is 9.88 Å². The minimum absolute atomic E-state index is 0.0339. The van der Waals surface area contributed by atoms with Crippen LogP contribution in [0.4, 0.5) is 5.69 Å². The van der Waals surface area contributed by atoms with Crippen LogP contribution in [0.5, 0.6) is 0 Å². The molecule has 2 rings (SSSR count). The lowest BCUT2D eigenvalue weighted by Gasteiger charge is -2.31. The first-order valence-corrected chi connectivity index (χ1v) is 7.19. The number of rotatable bonds is 4. The van der Waals surface area contributed by atoms with Crippen LogP contribution < -0.4 is 5.32 Å². The molecule has 0 radical (unpaired) electrons. The van der Waals surface area contributed by atoms with Gasteiger partial charge in [0.25, 0.3) is 5.91 Å². The maximum Gasteiger partial charge on any atom is 0.272 e. The maximum atomic E-state index is 12.4. The fraction of sp³-hybridized carbons (Fsp3) is 0.600. The third-order valence-corrected chi connectivity index (χ3v) is 3.80. The van der Waals surface area contributed by atoms with E-state index in [9.17, 15) is 4.79 Å². The van der Waals surface area contributed by atoms with Gasteiger partial charge < -0.3 is 10.2 Å². The number of anilines is 1. The number of carbonyl (C=O) groups excluding carboxylic acids is 1. The second-order valence-electron chi connectivity index (χ2n) is 5.17. The van der Waals surface area contributed by atoms with Gasteiger partial charge in [0, 0.05) is 31.5 Å². The van der Waals surface area contributed by atoms with E-state index in [1.807, 2.05) is 31.0 Å². The van der Waals surface area contributed by atoms with Gasteiger partial charge in [-0.2, -0.15) is 0 Å². The van der Waals surface area contributed by atoms with Crippen molar-refractivity contribution in [3.05, 3.63) is 24.0 Å². The minimum Gasteiger partial charge on any atom is -0.385 e. The van der Waals surface area contributed by atoms with Crippen molar-refractivity contribution in [2.24, 2.45) is 0 Å². The van der Waals surface area contributed by atoms with E-state index < -0.39 is 0 Å². The van der Waals surface area contributed by atoms with Gasteiger partial charge in [-0.3, -0.25) is 9.78 Å². The van der Waals surface area contributed by atoms with E-state index in [4.69, 9.17) is 0 Å². The van der Waals surface area contributed by atoms with Gasteiger partial charge in [-0.25, -0.2) is 0 Å². The van der Waals surface area contributed by atoms with E-state index in [0.29, 0.717) is 11.7 Å². The Kier molecular flexibility index (Phi) is 4.77. The maximum absolute atomic E-state index is 12.4. The van der Waals surface area contributed by atoms with Crippen LogP contribution in [-0.4, -0.2) is 35.4 Å². The molecule has 1 aliphatic carbocycles. The molecule has 4 nitrogen and oxygen atoms in total. The highest BCUT2D eigenvalue weighted by Gasteiger charge is 2.23. The van der Waals surface area contributed by atoms with E-state index in [1.54, 1.807) is 6.20 Å². The van der Waals surface area contributed by atoms with Crippen molar-refractivity contribution in [3.8, 4) is 0 Å². The van der Waals surface area contributed by atoms with Gasteiger partial charge in [-0.15, -0.1) is 0 Å². The van der Waals surface area contributed by atoms with Crippen LogP contribution in [-0.2, 0) is 0 Å². The predicted octanol–water partition coefficient (Wildman–Crippen LogP) is 2.92. The van der Waals surface area contributed by atoms with Gasteiger partial charge in [-0.1, -0.05) is 19.3 Å². The number of hydrogen-bond donors (Lipinski definition) is 1. The molecule has 1 N–H and O–H groups in total. The molecule has 1 aliphatic rings. The van der Waals surface area contributed by atoms with E-state index >= 15 is 0 Å². The van der Waals surface area contributed by atoms with Gasteiger partial charge in [0.05, 0.1) is 0 Å². The smallest absolute Gasteiger partial charge is 0.272 e. The van der Waals surface area contributed by atoms with Crippen LogP contribution in [0, 0.1) is 0 Å². The summed E-state index contributed by atoms with van der Waals surface area (Å²) in [7, 11) is 1.90. The van der Waals surface area contributed by atoms with Crippen LogP contribution >= 0.6 is 0 Å². The lowest BCUT2D eigenvalue weighted by molar-refractivity contribution is 0.0690. The van der Waals surface area contributed by atoms with Gasteiger partial charge in [0.15, 0.2) is 0 Å². The molecular weight excluding hydrogens is 238 g/mol. The molecule has 104 valence electrons. The fourth-order valence-electron chi connectivity index (χ4n) is 2.68. The first-order valence-electron chi connectivity index (χ1n) is 7.19. The zero-order valence-electron chi connectivity index (χ0n) is 11.9. The van der Waals surface area contributed by atoms with E-state index in [0.717, 1.165) is 25.1 Å². The van der Waals surface area contributed by atoms with Crippen LogP contribution in [0.2, 0.25) is 0 Å². The Bertz CT molecular complexity index is 427. The van der Waals surface area contributed by atoms with Crippen LogP contribution in [0.3, 0.4) is 0 Å². The topological polar surface area (TPSA) is 45.2 Å². The summed E-state index contributed by atoms with van der Waals surface area (Å²) in [5.41, 5.74) is 1.49. The zero-order valence-corrected chi connectivity index (χ0v) is 11.9. The predicted molar refractivity (Wildman–Crippen MR) is 77.4 cm³/mol. The van der Waals surface area contributed by atoms with Crippen LogP contribution in [0.15, 0.2) is 18.3 Å². The van der Waals surface area contributed by atoms with Crippen molar-refractivity contribution in [1.29, 1.82) is 0 Å². The molecule has 0 saturated heterocycles. The molecular formula is C15H23N3O. The summed E-state index contributed by atoms with van der Waals surface area (Å²) in [6.07, 6.45) is 7.69. The summed E-state index contributed by atoms with van der Waals surface area (Å²) in [4.78, 5) is 18.5. The van der Waals surface area contributed by atoms with Gasteiger partial charge >= 0.3 is 0 Å². The summed E-state index contributed by atoms with van der Waals surface area (Å²) in [6, 6.07) is 4.11. The molecule has 0 bridgehead atoms. The number of aromatic nitrogens is 1. The lowest BCUT2D eigenvalue weighted by atomic mass is 9.94. The Hall–Kier alpha value is -1.58. The number of nitrogens with zero attached hydrogens (tertiary/aromatic N) is 2. The standard InChI is InChI=1S/C15H23N3O/c1-3-16-12-9-10-17-14(11-12)15(19)18(2)13-7-5-4-6-8-13/h9-11,13H,3-8H2,1-2H3,(H,16,17). The van der Waals surface area contributed by atoms with E-state index in [2.05, 4.69) is 10.3 Å². The van der Waals surface area contributed by atoms with Crippen LogP contribution in [0.1, 0.15) is 49.5 Å². The molecule has 1 saturated carbocycles. The molecule has 1 aromatic rings. The van der Waals surface area contributed by atoms with Crippen molar-refractivity contribution < 1.29 is 4.79 Å². The highest BCUT2D eigenvalue weighted by atomic mass is 16.2. The molecule has 1 amide bonds. The van der Waals surface area contributed by atoms with Gasteiger partial charge in [0.1, 0.15) is 5.69 Å². The second kappa shape index (κ2) is 6.55. The van der Waals surface area contributed by atoms with Gasteiger partial charge in [-0.05, 0) is 31.9 Å². The lowest BCUT2D eigenvalue weighted by Crippen LogP contribution is -2.38. The molecule has 1 heterocycles. The van der Waals surface area contributed by atoms with Gasteiger partial charge in [0.2, 0.25) is 0 Å². The van der Waals surface area contributed by atoms with Crippen molar-refractivity contribution in [2.45, 2.75) is 45.1 Å². The minimum atomic E-state index is 0.0339. The quantitative estimate of drug-likeness (QED) is 0.906. The molecule has 0 spiro atoms. The molecule has 0 unspecified atom stereocenters.